The van der Waals surface area contributed by atoms with E-state index >= 15 is 0 Å². The molecule has 0 spiro atoms. The Labute approximate surface area is 92.3 Å². The Kier molecular flexibility index (Phi) is 3.56. The van der Waals surface area contributed by atoms with Crippen molar-refractivity contribution in [1.29, 1.82) is 0 Å². The van der Waals surface area contributed by atoms with Crippen molar-refractivity contribution < 1.29 is 9.47 Å². The molecule has 1 heterocycles. The number of rotatable bonds is 2. The minimum Gasteiger partial charge on any atom is -0.348 e. The van der Waals surface area contributed by atoms with Crippen LogP contribution >= 0.6 is 15.9 Å². The molecule has 2 atom stereocenters. The van der Waals surface area contributed by atoms with Gasteiger partial charge < -0.3 is 9.47 Å². The van der Waals surface area contributed by atoms with Crippen LogP contribution in [0.2, 0.25) is 0 Å². The third kappa shape index (κ3) is 2.35. The molecular weight excluding hydrogens is 244 g/mol. The number of alkyl halides is 1. The molecule has 76 valence electrons. The van der Waals surface area contributed by atoms with Crippen LogP contribution in [0.3, 0.4) is 0 Å². The normalized spacial score (nSPS) is 27.5. The van der Waals surface area contributed by atoms with Crippen molar-refractivity contribution in [3.63, 3.8) is 0 Å². The van der Waals surface area contributed by atoms with E-state index < -0.39 is 0 Å². The average Bonchev–Trinajstić information content (AvgIpc) is 2.30. The van der Waals surface area contributed by atoms with Gasteiger partial charge in [-0.05, 0) is 6.42 Å². The number of ether oxygens (including phenoxy) is 2. The monoisotopic (exact) mass is 256 g/mol. The molecule has 1 fully saturated rings. The van der Waals surface area contributed by atoms with Crippen LogP contribution in [0, 0.1) is 0 Å². The number of hydrogen-bond acceptors (Lipinski definition) is 2. The summed E-state index contributed by atoms with van der Waals surface area (Å²) in [5.74, 6) is 0. The van der Waals surface area contributed by atoms with E-state index in [2.05, 4.69) is 15.9 Å². The molecular formula is C11H13BrO2. The van der Waals surface area contributed by atoms with Crippen LogP contribution in [0.4, 0.5) is 0 Å². The van der Waals surface area contributed by atoms with Crippen LogP contribution in [-0.4, -0.2) is 18.0 Å². The maximum Gasteiger partial charge on any atom is 0.184 e. The number of hydrogen-bond donors (Lipinski definition) is 0. The topological polar surface area (TPSA) is 18.5 Å². The van der Waals surface area contributed by atoms with Gasteiger partial charge in [-0.3, -0.25) is 0 Å². The molecule has 1 saturated heterocycles. The van der Waals surface area contributed by atoms with Crippen LogP contribution < -0.4 is 0 Å². The fraction of sp³-hybridized carbons (Fsp3) is 0.455. The SMILES string of the molecule is BrC[C@H]1CCO[C@@H](c2ccccc2)O1. The highest BCUT2D eigenvalue weighted by atomic mass is 79.9. The summed E-state index contributed by atoms with van der Waals surface area (Å²) in [4.78, 5) is 0. The molecule has 14 heavy (non-hydrogen) atoms. The van der Waals surface area contributed by atoms with E-state index in [0.717, 1.165) is 23.9 Å². The molecule has 0 saturated carbocycles. The summed E-state index contributed by atoms with van der Waals surface area (Å²) in [5.41, 5.74) is 1.10. The van der Waals surface area contributed by atoms with E-state index in [4.69, 9.17) is 9.47 Å². The first-order chi connectivity index (χ1) is 6.90. The lowest BCUT2D eigenvalue weighted by Crippen LogP contribution is -2.27. The summed E-state index contributed by atoms with van der Waals surface area (Å²) in [5, 5.41) is 0.875. The van der Waals surface area contributed by atoms with Crippen molar-refractivity contribution in [2.75, 3.05) is 11.9 Å². The molecule has 3 heteroatoms. The zero-order valence-electron chi connectivity index (χ0n) is 7.86. The van der Waals surface area contributed by atoms with Gasteiger partial charge in [0, 0.05) is 10.9 Å². The van der Waals surface area contributed by atoms with Gasteiger partial charge in [-0.2, -0.15) is 0 Å². The Morgan fingerprint density at radius 2 is 2.07 bits per heavy atom. The van der Waals surface area contributed by atoms with Crippen molar-refractivity contribution in [1.82, 2.24) is 0 Å². The van der Waals surface area contributed by atoms with Gasteiger partial charge in [-0.15, -0.1) is 0 Å². The average molecular weight is 257 g/mol. The van der Waals surface area contributed by atoms with E-state index in [1.807, 2.05) is 30.3 Å². The Morgan fingerprint density at radius 1 is 1.29 bits per heavy atom. The van der Waals surface area contributed by atoms with Gasteiger partial charge in [0.25, 0.3) is 0 Å². The summed E-state index contributed by atoms with van der Waals surface area (Å²) in [6.45, 7) is 0.774. The molecule has 0 aliphatic carbocycles. The number of benzene rings is 1. The van der Waals surface area contributed by atoms with Gasteiger partial charge in [0.05, 0.1) is 12.7 Å². The minimum absolute atomic E-state index is 0.188. The molecule has 0 bridgehead atoms. The molecule has 2 rings (SSSR count). The van der Waals surface area contributed by atoms with Crippen LogP contribution in [0.15, 0.2) is 30.3 Å². The van der Waals surface area contributed by atoms with Gasteiger partial charge in [0.15, 0.2) is 6.29 Å². The van der Waals surface area contributed by atoms with Gasteiger partial charge in [0.2, 0.25) is 0 Å². The Bertz CT molecular complexity index is 276. The lowest BCUT2D eigenvalue weighted by molar-refractivity contribution is -0.210. The van der Waals surface area contributed by atoms with Gasteiger partial charge in [-0.25, -0.2) is 0 Å². The summed E-state index contributed by atoms with van der Waals surface area (Å²) >= 11 is 3.43. The van der Waals surface area contributed by atoms with Crippen molar-refractivity contribution in [3.8, 4) is 0 Å². The van der Waals surface area contributed by atoms with E-state index in [-0.39, 0.29) is 12.4 Å². The Balaban J connectivity index is 2.04. The first-order valence-electron chi connectivity index (χ1n) is 4.78. The van der Waals surface area contributed by atoms with Crippen LogP contribution in [-0.2, 0) is 9.47 Å². The smallest absolute Gasteiger partial charge is 0.184 e. The van der Waals surface area contributed by atoms with Crippen molar-refractivity contribution >= 4 is 15.9 Å². The summed E-state index contributed by atoms with van der Waals surface area (Å²) < 4.78 is 11.3. The molecule has 2 nitrogen and oxygen atoms in total. The summed E-state index contributed by atoms with van der Waals surface area (Å²) in [6, 6.07) is 10.1. The third-order valence-electron chi connectivity index (χ3n) is 2.27. The van der Waals surface area contributed by atoms with Gasteiger partial charge in [0.1, 0.15) is 0 Å². The van der Waals surface area contributed by atoms with Crippen molar-refractivity contribution in [3.05, 3.63) is 35.9 Å². The highest BCUT2D eigenvalue weighted by Gasteiger charge is 2.22. The first-order valence-corrected chi connectivity index (χ1v) is 5.90. The van der Waals surface area contributed by atoms with E-state index in [0.29, 0.717) is 0 Å². The largest absolute Gasteiger partial charge is 0.348 e. The quantitative estimate of drug-likeness (QED) is 0.758. The Hall–Kier alpha value is -0.380. The zero-order chi connectivity index (χ0) is 9.80. The third-order valence-corrected chi connectivity index (χ3v) is 2.99. The van der Waals surface area contributed by atoms with Gasteiger partial charge >= 0.3 is 0 Å². The predicted octanol–water partition coefficient (Wildman–Crippen LogP) is 2.89. The number of halogens is 1. The molecule has 0 amide bonds. The lowest BCUT2D eigenvalue weighted by Gasteiger charge is -2.29. The molecule has 0 aromatic heterocycles. The molecule has 0 N–H and O–H groups in total. The highest BCUT2D eigenvalue weighted by molar-refractivity contribution is 9.09. The highest BCUT2D eigenvalue weighted by Crippen LogP contribution is 2.26. The molecule has 1 aliphatic heterocycles. The van der Waals surface area contributed by atoms with Crippen molar-refractivity contribution in [2.45, 2.75) is 18.8 Å². The first kappa shape index (κ1) is 10.1. The Morgan fingerprint density at radius 3 is 2.79 bits per heavy atom. The molecule has 0 radical (unpaired) electrons. The van der Waals surface area contributed by atoms with Crippen LogP contribution in [0.1, 0.15) is 18.3 Å². The van der Waals surface area contributed by atoms with E-state index in [1.54, 1.807) is 0 Å². The fourth-order valence-electron chi connectivity index (χ4n) is 1.49. The lowest BCUT2D eigenvalue weighted by atomic mass is 10.2. The van der Waals surface area contributed by atoms with E-state index in [1.165, 1.54) is 0 Å². The summed E-state index contributed by atoms with van der Waals surface area (Å²) in [7, 11) is 0. The van der Waals surface area contributed by atoms with Crippen LogP contribution in [0.25, 0.3) is 0 Å². The van der Waals surface area contributed by atoms with E-state index in [9.17, 15) is 0 Å². The van der Waals surface area contributed by atoms with Crippen molar-refractivity contribution in [2.24, 2.45) is 0 Å². The second kappa shape index (κ2) is 4.91. The van der Waals surface area contributed by atoms with Gasteiger partial charge in [-0.1, -0.05) is 46.3 Å². The predicted molar refractivity (Wildman–Crippen MR) is 58.4 cm³/mol. The molecule has 1 aromatic rings. The van der Waals surface area contributed by atoms with Crippen LogP contribution in [0.5, 0.6) is 0 Å². The molecule has 0 unspecified atom stereocenters. The summed E-state index contributed by atoms with van der Waals surface area (Å²) in [6.07, 6.45) is 1.05. The maximum atomic E-state index is 5.75. The standard InChI is InChI=1S/C11H13BrO2/c12-8-10-6-7-13-11(14-10)9-4-2-1-3-5-9/h1-5,10-11H,6-8H2/t10-,11-/m1/s1. The zero-order valence-corrected chi connectivity index (χ0v) is 9.44. The molecule has 1 aliphatic rings. The molecule has 1 aromatic carbocycles. The minimum atomic E-state index is -0.188. The second-order valence-corrected chi connectivity index (χ2v) is 3.96. The maximum absolute atomic E-state index is 5.75. The second-order valence-electron chi connectivity index (χ2n) is 3.31. The fourth-order valence-corrected chi connectivity index (χ4v) is 1.96.